The maximum atomic E-state index is 11.2. The van der Waals surface area contributed by atoms with Gasteiger partial charge >= 0.3 is 0 Å². The van der Waals surface area contributed by atoms with Crippen LogP contribution in [0, 0.1) is 5.41 Å². The van der Waals surface area contributed by atoms with Crippen LogP contribution in [0.15, 0.2) is 4.99 Å². The number of hydrogen-bond donors (Lipinski definition) is 5. The van der Waals surface area contributed by atoms with Crippen LogP contribution >= 0.6 is 25.3 Å². The lowest BCUT2D eigenvalue weighted by molar-refractivity contribution is -0.225. The molecule has 0 aromatic rings. The van der Waals surface area contributed by atoms with Gasteiger partial charge in [-0.2, -0.15) is 25.3 Å². The molecular weight excluding hydrogens is 264 g/mol. The van der Waals surface area contributed by atoms with Crippen molar-refractivity contribution in [2.45, 2.75) is 12.1 Å². The number of carbonyl (C=O) groups excluding carboxylic acids is 1. The summed E-state index contributed by atoms with van der Waals surface area (Å²) in [5, 5.41) is 30.9. The minimum absolute atomic E-state index is 0.0296. The molecule has 0 bridgehead atoms. The largest absolute Gasteiger partial charge is 0.861 e. The van der Waals surface area contributed by atoms with Gasteiger partial charge in [0.25, 0.3) is 0 Å². The fourth-order valence-electron chi connectivity index (χ4n) is 0.779. The van der Waals surface area contributed by atoms with Gasteiger partial charge in [-0.25, -0.2) is 0 Å². The van der Waals surface area contributed by atoms with Crippen LogP contribution in [-0.4, -0.2) is 47.8 Å². The van der Waals surface area contributed by atoms with Gasteiger partial charge in [-0.1, -0.05) is 0 Å². The van der Waals surface area contributed by atoms with E-state index in [-0.39, 0.29) is 18.1 Å². The molecule has 17 heavy (non-hydrogen) atoms. The Bertz CT molecular complexity index is 311. The summed E-state index contributed by atoms with van der Waals surface area (Å²) < 4.78 is 0. The standard InChI is InChI=1S/C8H16N4O3S2/c9-4(2-16)8(15)11-1-6(13)12-5(3-17)7(10)14/h4-5,16-17H,1-3,9H2,(H2,10,14)(H,11,15)(H,12,13)/p-2/t4-,5-/m0/s1. The number of nitrogens with zero attached hydrogens (tertiary/aromatic N) is 1. The normalized spacial score (nSPS) is 15.1. The van der Waals surface area contributed by atoms with Gasteiger partial charge in [0.15, 0.2) is 0 Å². The molecule has 7 nitrogen and oxygen atoms in total. The molecule has 0 unspecified atom stereocenters. The molecule has 9 heteroatoms. The van der Waals surface area contributed by atoms with E-state index in [2.05, 4.69) is 35.6 Å². The van der Waals surface area contributed by atoms with E-state index < -0.39 is 29.8 Å². The van der Waals surface area contributed by atoms with E-state index in [1.165, 1.54) is 0 Å². The Morgan fingerprint density at radius 2 is 2.00 bits per heavy atom. The van der Waals surface area contributed by atoms with Gasteiger partial charge in [-0.15, -0.1) is 0 Å². The molecule has 0 aliphatic carbocycles. The number of aliphatic imine (C=N–C) groups is 1. The summed E-state index contributed by atoms with van der Waals surface area (Å²) in [6.07, 6.45) is 0. The molecule has 0 spiro atoms. The lowest BCUT2D eigenvalue weighted by Gasteiger charge is -2.20. The maximum Gasteiger partial charge on any atom is 0.238 e. The zero-order chi connectivity index (χ0) is 13.4. The molecule has 0 rings (SSSR count). The van der Waals surface area contributed by atoms with Crippen molar-refractivity contribution in [1.82, 2.24) is 5.32 Å². The molecule has 2 atom stereocenters. The highest BCUT2D eigenvalue weighted by molar-refractivity contribution is 7.80. The Morgan fingerprint density at radius 1 is 1.41 bits per heavy atom. The topological polar surface area (TPSA) is 137 Å². The number of carbonyl (C=O) groups is 1. The van der Waals surface area contributed by atoms with Gasteiger partial charge in [0.2, 0.25) is 5.91 Å². The van der Waals surface area contributed by atoms with Gasteiger partial charge in [0.05, 0.1) is 12.1 Å². The van der Waals surface area contributed by atoms with Crippen molar-refractivity contribution in [3.8, 4) is 0 Å². The predicted molar refractivity (Wildman–Crippen MR) is 67.6 cm³/mol. The van der Waals surface area contributed by atoms with E-state index in [0.717, 1.165) is 0 Å². The van der Waals surface area contributed by atoms with Crippen molar-refractivity contribution in [3.63, 3.8) is 0 Å². The number of nitrogens with two attached hydrogens (primary N) is 1. The Labute approximate surface area is 110 Å². The lowest BCUT2D eigenvalue weighted by Crippen LogP contribution is -2.46. The molecular formula is C8H14N4O3S2-2. The first-order valence-electron chi connectivity index (χ1n) is 4.66. The van der Waals surface area contributed by atoms with Crippen molar-refractivity contribution in [2.24, 2.45) is 10.7 Å². The van der Waals surface area contributed by atoms with Crippen LogP contribution in [0.4, 0.5) is 0 Å². The lowest BCUT2D eigenvalue weighted by atomic mass is 10.3. The first-order chi connectivity index (χ1) is 7.92. The number of hydrogen-bond acceptors (Lipinski definition) is 8. The third-order valence-corrected chi connectivity index (χ3v) is 2.46. The van der Waals surface area contributed by atoms with Gasteiger partial charge < -0.3 is 26.7 Å². The molecule has 0 aromatic heterocycles. The highest BCUT2D eigenvalue weighted by Gasteiger charge is 2.10. The van der Waals surface area contributed by atoms with E-state index in [1.54, 1.807) is 0 Å². The van der Waals surface area contributed by atoms with Crippen LogP contribution in [0.2, 0.25) is 0 Å². The van der Waals surface area contributed by atoms with E-state index in [9.17, 15) is 15.0 Å². The summed E-state index contributed by atoms with van der Waals surface area (Å²) in [6.45, 7) is -0.363. The smallest absolute Gasteiger partial charge is 0.238 e. The maximum absolute atomic E-state index is 11.2. The Balaban J connectivity index is 4.25. The van der Waals surface area contributed by atoms with Crippen LogP contribution < -0.4 is 21.3 Å². The first-order valence-corrected chi connectivity index (χ1v) is 5.93. The van der Waals surface area contributed by atoms with Gasteiger partial charge in [0.1, 0.15) is 0 Å². The van der Waals surface area contributed by atoms with Gasteiger partial charge in [0, 0.05) is 18.1 Å². The fourth-order valence-corrected chi connectivity index (χ4v) is 1.19. The number of rotatable bonds is 7. The number of amides is 1. The van der Waals surface area contributed by atoms with Crippen LogP contribution in [0.3, 0.4) is 0 Å². The second-order valence-corrected chi connectivity index (χ2v) is 3.82. The molecule has 4 N–H and O–H groups in total. The molecule has 0 saturated heterocycles. The SMILES string of the molecule is N=C([O-])[C@H](CS)N=C([O-])CNC(=O)[C@@H](N)CS. The molecule has 0 fully saturated rings. The zero-order valence-electron chi connectivity index (χ0n) is 8.92. The summed E-state index contributed by atoms with van der Waals surface area (Å²) in [5.74, 6) is -2.10. The van der Waals surface area contributed by atoms with E-state index in [0.29, 0.717) is 0 Å². The van der Waals surface area contributed by atoms with E-state index in [1.807, 2.05) is 0 Å². The number of thiol groups is 2. The summed E-state index contributed by atoms with van der Waals surface area (Å²) in [6, 6.07) is -1.90. The minimum atomic E-state index is -1.10. The van der Waals surface area contributed by atoms with Crippen LogP contribution in [0.25, 0.3) is 0 Å². The highest BCUT2D eigenvalue weighted by atomic mass is 32.1. The van der Waals surface area contributed by atoms with Crippen molar-refractivity contribution in [3.05, 3.63) is 0 Å². The highest BCUT2D eigenvalue weighted by Crippen LogP contribution is 1.93. The zero-order valence-corrected chi connectivity index (χ0v) is 10.7. The first kappa shape index (κ1) is 16.1. The Morgan fingerprint density at radius 3 is 2.41 bits per heavy atom. The fraction of sp³-hybridized carbons (Fsp3) is 0.625. The van der Waals surface area contributed by atoms with Gasteiger partial charge in [-0.3, -0.25) is 9.79 Å². The van der Waals surface area contributed by atoms with E-state index >= 15 is 0 Å². The minimum Gasteiger partial charge on any atom is -0.861 e. The quantitative estimate of drug-likeness (QED) is 0.190. The monoisotopic (exact) mass is 278 g/mol. The molecule has 0 aromatic carbocycles. The molecule has 0 saturated carbocycles. The average Bonchev–Trinajstić information content (AvgIpc) is 2.31. The summed E-state index contributed by atoms with van der Waals surface area (Å²) in [5.41, 5.74) is 5.35. The Kier molecular flexibility index (Phi) is 7.75. The Hall–Kier alpha value is -0.930. The second kappa shape index (κ2) is 8.20. The van der Waals surface area contributed by atoms with Crippen LogP contribution in [-0.2, 0) is 4.79 Å². The second-order valence-electron chi connectivity index (χ2n) is 3.09. The molecule has 1 amide bonds. The van der Waals surface area contributed by atoms with Crippen molar-refractivity contribution < 1.29 is 15.0 Å². The molecule has 0 aliphatic heterocycles. The predicted octanol–water partition coefficient (Wildman–Crippen LogP) is -3.25. The summed E-state index contributed by atoms with van der Waals surface area (Å²) >= 11 is 7.61. The van der Waals surface area contributed by atoms with Crippen molar-refractivity contribution in [1.29, 1.82) is 5.41 Å². The molecule has 0 aliphatic rings. The molecule has 98 valence electrons. The average molecular weight is 278 g/mol. The molecule has 0 heterocycles. The third kappa shape index (κ3) is 6.39. The van der Waals surface area contributed by atoms with Gasteiger partial charge in [-0.05, 0) is 11.8 Å². The van der Waals surface area contributed by atoms with Crippen LogP contribution in [0.1, 0.15) is 0 Å². The van der Waals surface area contributed by atoms with E-state index in [4.69, 9.17) is 11.1 Å². The summed E-state index contributed by atoms with van der Waals surface area (Å²) in [4.78, 5) is 14.6. The van der Waals surface area contributed by atoms with Crippen molar-refractivity contribution >= 4 is 43.0 Å². The summed E-state index contributed by atoms with van der Waals surface area (Å²) in [7, 11) is 0. The van der Waals surface area contributed by atoms with Crippen LogP contribution in [0.5, 0.6) is 0 Å². The molecule has 0 radical (unpaired) electrons. The number of nitrogens with one attached hydrogen (secondary N) is 2. The third-order valence-electron chi connectivity index (χ3n) is 1.72. The van der Waals surface area contributed by atoms with Crippen molar-refractivity contribution in [2.75, 3.05) is 18.1 Å².